The van der Waals surface area contributed by atoms with E-state index in [4.69, 9.17) is 32.7 Å². The van der Waals surface area contributed by atoms with Crippen molar-refractivity contribution in [3.05, 3.63) is 96.8 Å². The summed E-state index contributed by atoms with van der Waals surface area (Å²) in [6.45, 7) is 0.437. The maximum absolute atomic E-state index is 12.9. The van der Waals surface area contributed by atoms with E-state index in [0.717, 1.165) is 27.4 Å². The normalized spacial score (nSPS) is 14.7. The van der Waals surface area contributed by atoms with Gasteiger partial charge in [-0.1, -0.05) is 69.5 Å². The van der Waals surface area contributed by atoms with Gasteiger partial charge in [0.05, 0.1) is 18.6 Å². The molecule has 9 heteroatoms. The molecule has 174 valence electrons. The van der Waals surface area contributed by atoms with E-state index in [-0.39, 0.29) is 24.3 Å². The molecule has 0 radical (unpaired) electrons. The molecule has 2 amide bonds. The van der Waals surface area contributed by atoms with Gasteiger partial charge in [0.1, 0.15) is 6.61 Å². The predicted molar refractivity (Wildman–Crippen MR) is 139 cm³/mol. The fraction of sp³-hybridized carbons (Fsp3) is 0.120. The zero-order chi connectivity index (χ0) is 24.2. The SMILES string of the molecule is COc1cc(/C=C2/SC(=O)N(Cc3ccccc3Br)C2=O)ccc1OCc1ccc(Cl)cc1Cl. The third kappa shape index (κ3) is 5.61. The van der Waals surface area contributed by atoms with Crippen molar-refractivity contribution in [1.82, 2.24) is 4.90 Å². The van der Waals surface area contributed by atoms with Gasteiger partial charge in [0.2, 0.25) is 0 Å². The van der Waals surface area contributed by atoms with Crippen LogP contribution in [0.1, 0.15) is 16.7 Å². The van der Waals surface area contributed by atoms with Crippen molar-refractivity contribution in [1.29, 1.82) is 0 Å². The average molecular weight is 579 g/mol. The highest BCUT2D eigenvalue weighted by Crippen LogP contribution is 2.36. The Morgan fingerprint density at radius 1 is 1.00 bits per heavy atom. The van der Waals surface area contributed by atoms with Gasteiger partial charge in [-0.05, 0) is 59.3 Å². The molecular formula is C25H18BrCl2NO4S. The van der Waals surface area contributed by atoms with E-state index in [9.17, 15) is 9.59 Å². The molecule has 5 nitrogen and oxygen atoms in total. The first-order chi connectivity index (χ1) is 16.4. The van der Waals surface area contributed by atoms with Crippen LogP contribution in [0.3, 0.4) is 0 Å². The summed E-state index contributed by atoms with van der Waals surface area (Å²) < 4.78 is 12.2. The van der Waals surface area contributed by atoms with Crippen LogP contribution in [0, 0.1) is 0 Å². The van der Waals surface area contributed by atoms with Crippen LogP contribution in [0.4, 0.5) is 4.79 Å². The van der Waals surface area contributed by atoms with Gasteiger partial charge in [-0.25, -0.2) is 0 Å². The Balaban J connectivity index is 1.50. The second-order valence-corrected chi connectivity index (χ2v) is 9.99. The lowest BCUT2D eigenvalue weighted by Crippen LogP contribution is -2.27. The Bertz CT molecular complexity index is 1300. The third-order valence-electron chi connectivity index (χ3n) is 5.04. The van der Waals surface area contributed by atoms with Crippen LogP contribution in [-0.4, -0.2) is 23.2 Å². The first-order valence-corrected chi connectivity index (χ1v) is 12.5. The minimum absolute atomic E-state index is 0.201. The number of carbonyl (C=O) groups is 2. The zero-order valence-electron chi connectivity index (χ0n) is 17.9. The topological polar surface area (TPSA) is 55.8 Å². The molecule has 0 saturated carbocycles. The summed E-state index contributed by atoms with van der Waals surface area (Å²) >= 11 is 16.5. The standard InChI is InChI=1S/C25H18BrCl2NO4S/c1-32-22-10-15(6-9-21(22)33-14-17-7-8-18(27)12-20(17)28)11-23-24(30)29(25(31)34-23)13-16-4-2-3-5-19(16)26/h2-12H,13-14H2,1H3/b23-11+. The smallest absolute Gasteiger partial charge is 0.293 e. The number of imide groups is 1. The van der Waals surface area contributed by atoms with Crippen LogP contribution in [0.25, 0.3) is 6.08 Å². The van der Waals surface area contributed by atoms with E-state index < -0.39 is 0 Å². The summed E-state index contributed by atoms with van der Waals surface area (Å²) in [7, 11) is 1.53. The molecule has 3 aromatic carbocycles. The molecule has 0 aliphatic carbocycles. The number of methoxy groups -OCH3 is 1. The summed E-state index contributed by atoms with van der Waals surface area (Å²) in [4.78, 5) is 27.0. The minimum Gasteiger partial charge on any atom is -0.493 e. The first-order valence-electron chi connectivity index (χ1n) is 10.1. The molecule has 3 aromatic rings. The highest BCUT2D eigenvalue weighted by atomic mass is 79.9. The van der Waals surface area contributed by atoms with Gasteiger partial charge in [0, 0.05) is 20.1 Å². The van der Waals surface area contributed by atoms with Crippen molar-refractivity contribution in [2.45, 2.75) is 13.2 Å². The quantitative estimate of drug-likeness (QED) is 0.270. The summed E-state index contributed by atoms with van der Waals surface area (Å²) in [6.07, 6.45) is 1.67. The van der Waals surface area contributed by atoms with Crippen molar-refractivity contribution < 1.29 is 19.1 Å². The molecule has 1 saturated heterocycles. The number of hydrogen-bond donors (Lipinski definition) is 0. The van der Waals surface area contributed by atoms with Crippen molar-refractivity contribution in [2.75, 3.05) is 7.11 Å². The van der Waals surface area contributed by atoms with E-state index in [1.807, 2.05) is 24.3 Å². The van der Waals surface area contributed by atoms with Crippen LogP contribution in [0.5, 0.6) is 11.5 Å². The zero-order valence-corrected chi connectivity index (χ0v) is 21.8. The van der Waals surface area contributed by atoms with Gasteiger partial charge in [-0.3, -0.25) is 14.5 Å². The van der Waals surface area contributed by atoms with Gasteiger partial charge in [0.25, 0.3) is 11.1 Å². The largest absolute Gasteiger partial charge is 0.493 e. The molecule has 1 fully saturated rings. The maximum atomic E-state index is 12.9. The van der Waals surface area contributed by atoms with E-state index in [1.165, 1.54) is 12.0 Å². The lowest BCUT2D eigenvalue weighted by Gasteiger charge is -2.13. The Morgan fingerprint density at radius 2 is 1.79 bits per heavy atom. The van der Waals surface area contributed by atoms with Gasteiger partial charge in [-0.2, -0.15) is 0 Å². The van der Waals surface area contributed by atoms with Crippen molar-refractivity contribution in [3.63, 3.8) is 0 Å². The number of ether oxygens (including phenoxy) is 2. The van der Waals surface area contributed by atoms with Crippen LogP contribution < -0.4 is 9.47 Å². The van der Waals surface area contributed by atoms with E-state index in [0.29, 0.717) is 32.0 Å². The number of carbonyl (C=O) groups excluding carboxylic acids is 2. The molecule has 4 rings (SSSR count). The van der Waals surface area contributed by atoms with Gasteiger partial charge < -0.3 is 9.47 Å². The number of thioether (sulfide) groups is 1. The van der Waals surface area contributed by atoms with Crippen LogP contribution in [0.15, 0.2) is 70.0 Å². The molecule has 0 spiro atoms. The van der Waals surface area contributed by atoms with E-state index >= 15 is 0 Å². The number of rotatable bonds is 7. The lowest BCUT2D eigenvalue weighted by atomic mass is 10.1. The van der Waals surface area contributed by atoms with Crippen molar-refractivity contribution in [2.24, 2.45) is 0 Å². The molecule has 1 heterocycles. The number of hydrogen-bond acceptors (Lipinski definition) is 5. The molecule has 0 N–H and O–H groups in total. The fourth-order valence-electron chi connectivity index (χ4n) is 3.27. The van der Waals surface area contributed by atoms with Crippen LogP contribution in [0.2, 0.25) is 10.0 Å². The monoisotopic (exact) mass is 577 g/mol. The molecular weight excluding hydrogens is 561 g/mol. The Hall–Kier alpha value is -2.45. The van der Waals surface area contributed by atoms with Crippen LogP contribution >= 0.6 is 50.9 Å². The second-order valence-electron chi connectivity index (χ2n) is 7.29. The number of benzene rings is 3. The van der Waals surface area contributed by atoms with Gasteiger partial charge >= 0.3 is 0 Å². The summed E-state index contributed by atoms with van der Waals surface area (Å²) in [5.41, 5.74) is 2.35. The minimum atomic E-state index is -0.331. The molecule has 1 aliphatic heterocycles. The van der Waals surface area contributed by atoms with E-state index in [2.05, 4.69) is 15.9 Å². The molecule has 1 aliphatic rings. The van der Waals surface area contributed by atoms with Crippen molar-refractivity contribution in [3.8, 4) is 11.5 Å². The van der Waals surface area contributed by atoms with Crippen LogP contribution in [-0.2, 0) is 17.9 Å². The average Bonchev–Trinajstić information content (AvgIpc) is 3.07. The first kappa shape index (κ1) is 24.7. The highest BCUT2D eigenvalue weighted by Gasteiger charge is 2.35. The van der Waals surface area contributed by atoms with E-state index in [1.54, 1.807) is 42.5 Å². The molecule has 34 heavy (non-hydrogen) atoms. The lowest BCUT2D eigenvalue weighted by molar-refractivity contribution is -0.123. The van der Waals surface area contributed by atoms with Gasteiger partial charge in [0.15, 0.2) is 11.5 Å². The molecule has 0 unspecified atom stereocenters. The summed E-state index contributed by atoms with van der Waals surface area (Å²) in [5, 5.41) is 0.761. The molecule has 0 atom stereocenters. The third-order valence-corrected chi connectivity index (χ3v) is 7.31. The molecule has 0 aromatic heterocycles. The number of nitrogens with zero attached hydrogens (tertiary/aromatic N) is 1. The highest BCUT2D eigenvalue weighted by molar-refractivity contribution is 9.10. The number of amides is 2. The summed E-state index contributed by atoms with van der Waals surface area (Å²) in [6, 6.07) is 18.0. The Labute approximate surface area is 219 Å². The maximum Gasteiger partial charge on any atom is 0.293 e. The van der Waals surface area contributed by atoms with Gasteiger partial charge in [-0.15, -0.1) is 0 Å². The summed E-state index contributed by atoms with van der Waals surface area (Å²) in [5.74, 6) is 0.682. The Morgan fingerprint density at radius 3 is 2.53 bits per heavy atom. The van der Waals surface area contributed by atoms with Crippen molar-refractivity contribution >= 4 is 68.1 Å². The predicted octanol–water partition coefficient (Wildman–Crippen LogP) is 7.58. The number of halogens is 3. The Kier molecular flexibility index (Phi) is 7.88. The fourth-order valence-corrected chi connectivity index (χ4v) is 4.98. The molecule has 0 bridgehead atoms. The second kappa shape index (κ2) is 10.9.